The average molecular weight is 200 g/mol. The lowest BCUT2D eigenvalue weighted by atomic mass is 10.0. The zero-order valence-corrected chi connectivity index (χ0v) is 8.61. The number of aliphatic hydroxyl groups excluding tert-OH is 1. The first kappa shape index (κ1) is 10.4. The molecule has 82 valence electrons. The standard InChI is InChI=1S/C10H20N2O2/c11-10(8-13)2-1-9(7-10)12-3-5-14-6-4-12/h9,13H,1-8,11H2. The number of hydrogen-bond donors (Lipinski definition) is 2. The minimum Gasteiger partial charge on any atom is -0.394 e. The van der Waals surface area contributed by atoms with Crippen LogP contribution in [-0.4, -0.2) is 54.5 Å². The van der Waals surface area contributed by atoms with Crippen LogP contribution in [0.2, 0.25) is 0 Å². The Hall–Kier alpha value is -0.160. The molecule has 1 saturated heterocycles. The van der Waals surface area contributed by atoms with Crippen LogP contribution in [0.5, 0.6) is 0 Å². The van der Waals surface area contributed by atoms with Crippen LogP contribution in [0, 0.1) is 0 Å². The van der Waals surface area contributed by atoms with Crippen molar-refractivity contribution in [2.45, 2.75) is 30.8 Å². The minimum absolute atomic E-state index is 0.119. The molecule has 0 aromatic rings. The van der Waals surface area contributed by atoms with E-state index in [0.29, 0.717) is 6.04 Å². The van der Waals surface area contributed by atoms with Gasteiger partial charge in [0, 0.05) is 24.7 Å². The number of nitrogens with two attached hydrogens (primary N) is 1. The lowest BCUT2D eigenvalue weighted by Crippen LogP contribution is -2.46. The fraction of sp³-hybridized carbons (Fsp3) is 1.00. The second-order valence-electron chi connectivity index (χ2n) is 4.57. The Balaban J connectivity index is 1.88. The van der Waals surface area contributed by atoms with Gasteiger partial charge in [0.2, 0.25) is 0 Å². The number of hydrogen-bond acceptors (Lipinski definition) is 4. The molecule has 3 N–H and O–H groups in total. The smallest absolute Gasteiger partial charge is 0.0611 e. The van der Waals surface area contributed by atoms with E-state index in [1.165, 1.54) is 0 Å². The summed E-state index contributed by atoms with van der Waals surface area (Å²) in [6, 6.07) is 0.566. The quantitative estimate of drug-likeness (QED) is 0.634. The van der Waals surface area contributed by atoms with Crippen molar-refractivity contribution in [3.8, 4) is 0 Å². The van der Waals surface area contributed by atoms with Gasteiger partial charge < -0.3 is 15.6 Å². The van der Waals surface area contributed by atoms with E-state index in [-0.39, 0.29) is 12.1 Å². The van der Waals surface area contributed by atoms with Crippen molar-refractivity contribution < 1.29 is 9.84 Å². The van der Waals surface area contributed by atoms with Crippen LogP contribution in [0.25, 0.3) is 0 Å². The van der Waals surface area contributed by atoms with E-state index in [1.807, 2.05) is 0 Å². The fourth-order valence-corrected chi connectivity index (χ4v) is 2.53. The normalized spacial score (nSPS) is 40.3. The monoisotopic (exact) mass is 200 g/mol. The molecule has 2 fully saturated rings. The molecule has 2 aliphatic rings. The largest absolute Gasteiger partial charge is 0.394 e. The molecule has 1 heterocycles. The summed E-state index contributed by atoms with van der Waals surface area (Å²) >= 11 is 0. The number of morpholine rings is 1. The summed E-state index contributed by atoms with van der Waals surface area (Å²) < 4.78 is 5.32. The highest BCUT2D eigenvalue weighted by molar-refractivity contribution is 4.97. The Morgan fingerprint density at radius 2 is 2.14 bits per heavy atom. The number of aliphatic hydroxyl groups is 1. The van der Waals surface area contributed by atoms with Gasteiger partial charge in [-0.2, -0.15) is 0 Å². The molecule has 0 bridgehead atoms. The number of rotatable bonds is 2. The van der Waals surface area contributed by atoms with E-state index in [4.69, 9.17) is 10.5 Å². The van der Waals surface area contributed by atoms with Crippen LogP contribution in [0.3, 0.4) is 0 Å². The van der Waals surface area contributed by atoms with Crippen molar-refractivity contribution >= 4 is 0 Å². The SMILES string of the molecule is NC1(CO)CCC(N2CCOCC2)C1. The lowest BCUT2D eigenvalue weighted by Gasteiger charge is -2.33. The number of nitrogens with zero attached hydrogens (tertiary/aromatic N) is 1. The zero-order chi connectivity index (χ0) is 10.0. The second kappa shape index (κ2) is 4.14. The third-order valence-electron chi connectivity index (χ3n) is 3.49. The van der Waals surface area contributed by atoms with Crippen LogP contribution < -0.4 is 5.73 Å². The summed E-state index contributed by atoms with van der Waals surface area (Å²) in [6.45, 7) is 3.84. The van der Waals surface area contributed by atoms with Crippen molar-refractivity contribution in [2.75, 3.05) is 32.9 Å². The Morgan fingerprint density at radius 3 is 2.71 bits per heavy atom. The average Bonchev–Trinajstić information content (AvgIpc) is 2.63. The Kier molecular flexibility index (Phi) is 3.07. The molecular weight excluding hydrogens is 180 g/mol. The Bertz CT molecular complexity index is 195. The highest BCUT2D eigenvalue weighted by atomic mass is 16.5. The van der Waals surface area contributed by atoms with E-state index in [0.717, 1.165) is 45.6 Å². The molecule has 0 radical (unpaired) electrons. The number of ether oxygens (including phenoxy) is 1. The topological polar surface area (TPSA) is 58.7 Å². The molecule has 4 nitrogen and oxygen atoms in total. The van der Waals surface area contributed by atoms with Crippen molar-refractivity contribution in [1.29, 1.82) is 0 Å². The second-order valence-corrected chi connectivity index (χ2v) is 4.57. The zero-order valence-electron chi connectivity index (χ0n) is 8.61. The molecule has 14 heavy (non-hydrogen) atoms. The lowest BCUT2D eigenvalue weighted by molar-refractivity contribution is 0.0160. The molecule has 0 aromatic heterocycles. The van der Waals surface area contributed by atoms with Crippen LogP contribution in [0.4, 0.5) is 0 Å². The predicted molar refractivity (Wildman–Crippen MR) is 54.0 cm³/mol. The summed E-state index contributed by atoms with van der Waals surface area (Å²) in [5, 5.41) is 9.17. The summed E-state index contributed by atoms with van der Waals surface area (Å²) in [6.07, 6.45) is 3.01. The molecule has 4 heteroatoms. The maximum Gasteiger partial charge on any atom is 0.0611 e. The van der Waals surface area contributed by atoms with Crippen LogP contribution in [0.1, 0.15) is 19.3 Å². The first-order valence-corrected chi connectivity index (χ1v) is 5.45. The van der Waals surface area contributed by atoms with E-state index in [1.54, 1.807) is 0 Å². The van der Waals surface area contributed by atoms with Gasteiger partial charge in [0.1, 0.15) is 0 Å². The van der Waals surface area contributed by atoms with Gasteiger partial charge in [0.15, 0.2) is 0 Å². The van der Waals surface area contributed by atoms with Gasteiger partial charge in [-0.05, 0) is 19.3 Å². The fourth-order valence-electron chi connectivity index (χ4n) is 2.53. The third kappa shape index (κ3) is 2.08. The predicted octanol–water partition coefficient (Wildman–Crippen LogP) is -0.439. The van der Waals surface area contributed by atoms with Gasteiger partial charge in [-0.15, -0.1) is 0 Å². The summed E-state index contributed by atoms with van der Waals surface area (Å²) in [5.74, 6) is 0. The summed E-state index contributed by atoms with van der Waals surface area (Å²) in [5.41, 5.74) is 5.73. The molecular formula is C10H20N2O2. The minimum atomic E-state index is -0.316. The molecule has 2 unspecified atom stereocenters. The van der Waals surface area contributed by atoms with Crippen molar-refractivity contribution in [1.82, 2.24) is 4.90 Å². The van der Waals surface area contributed by atoms with Gasteiger partial charge in [0.05, 0.1) is 19.8 Å². The molecule has 0 amide bonds. The van der Waals surface area contributed by atoms with E-state index in [2.05, 4.69) is 4.90 Å². The van der Waals surface area contributed by atoms with Gasteiger partial charge in [0.25, 0.3) is 0 Å². The highest BCUT2D eigenvalue weighted by Gasteiger charge is 2.38. The van der Waals surface area contributed by atoms with E-state index < -0.39 is 0 Å². The Morgan fingerprint density at radius 1 is 1.43 bits per heavy atom. The molecule has 2 rings (SSSR count). The summed E-state index contributed by atoms with van der Waals surface area (Å²) in [7, 11) is 0. The molecule has 2 atom stereocenters. The maximum absolute atomic E-state index is 9.17. The van der Waals surface area contributed by atoms with Gasteiger partial charge in [-0.3, -0.25) is 4.90 Å². The van der Waals surface area contributed by atoms with Crippen LogP contribution >= 0.6 is 0 Å². The first-order chi connectivity index (χ1) is 6.73. The maximum atomic E-state index is 9.17. The van der Waals surface area contributed by atoms with Gasteiger partial charge in [-0.25, -0.2) is 0 Å². The van der Waals surface area contributed by atoms with E-state index >= 15 is 0 Å². The highest BCUT2D eigenvalue weighted by Crippen LogP contribution is 2.31. The molecule has 1 aliphatic heterocycles. The van der Waals surface area contributed by atoms with Crippen molar-refractivity contribution in [2.24, 2.45) is 5.73 Å². The third-order valence-corrected chi connectivity index (χ3v) is 3.49. The van der Waals surface area contributed by atoms with Gasteiger partial charge in [-0.1, -0.05) is 0 Å². The first-order valence-electron chi connectivity index (χ1n) is 5.45. The van der Waals surface area contributed by atoms with Crippen LogP contribution in [-0.2, 0) is 4.74 Å². The van der Waals surface area contributed by atoms with Gasteiger partial charge >= 0.3 is 0 Å². The molecule has 1 saturated carbocycles. The van der Waals surface area contributed by atoms with E-state index in [9.17, 15) is 5.11 Å². The summed E-state index contributed by atoms with van der Waals surface area (Å²) in [4.78, 5) is 2.45. The Labute approximate surface area is 85.0 Å². The molecule has 0 aromatic carbocycles. The molecule has 0 spiro atoms. The van der Waals surface area contributed by atoms with Crippen molar-refractivity contribution in [3.05, 3.63) is 0 Å². The van der Waals surface area contributed by atoms with Crippen molar-refractivity contribution in [3.63, 3.8) is 0 Å². The van der Waals surface area contributed by atoms with Crippen LogP contribution in [0.15, 0.2) is 0 Å². The molecule has 1 aliphatic carbocycles.